The van der Waals surface area contributed by atoms with Gasteiger partial charge in [0.15, 0.2) is 0 Å². The maximum Gasteiger partial charge on any atom is 0.338 e. The van der Waals surface area contributed by atoms with Gasteiger partial charge in [0, 0.05) is 29.5 Å². The third kappa shape index (κ3) is 2.86. The zero-order valence-electron chi connectivity index (χ0n) is 16.9. The molecule has 4 heterocycles. The highest BCUT2D eigenvalue weighted by molar-refractivity contribution is 7.08. The molecule has 0 radical (unpaired) electrons. The molecule has 8 heteroatoms. The third-order valence-electron chi connectivity index (χ3n) is 6.36. The van der Waals surface area contributed by atoms with Gasteiger partial charge in [0.05, 0.1) is 40.2 Å². The number of thiophene rings is 1. The smallest absolute Gasteiger partial charge is 0.338 e. The highest BCUT2D eigenvalue weighted by Gasteiger charge is 2.44. The molecule has 2 atom stereocenters. The number of carbonyl (C=O) groups is 1. The normalized spacial score (nSPS) is 21.3. The first-order chi connectivity index (χ1) is 14.4. The van der Waals surface area contributed by atoms with Crippen LogP contribution in [0.1, 0.15) is 53.1 Å². The molecule has 7 nitrogen and oxygen atoms in total. The lowest BCUT2D eigenvalue weighted by atomic mass is 9.85. The largest absolute Gasteiger partial charge is 0.478 e. The van der Waals surface area contributed by atoms with Crippen molar-refractivity contribution < 1.29 is 14.6 Å². The Balaban J connectivity index is 1.65. The van der Waals surface area contributed by atoms with Gasteiger partial charge in [0.25, 0.3) is 5.56 Å². The van der Waals surface area contributed by atoms with Crippen LogP contribution in [-0.4, -0.2) is 33.8 Å². The van der Waals surface area contributed by atoms with Crippen molar-refractivity contribution in [3.05, 3.63) is 55.8 Å². The Morgan fingerprint density at radius 3 is 2.93 bits per heavy atom. The number of anilines is 1. The van der Waals surface area contributed by atoms with Crippen LogP contribution >= 0.6 is 11.3 Å². The zero-order chi connectivity index (χ0) is 21.0. The number of carboxylic acid groups (broad SMARTS) is 1. The molecule has 0 saturated carbocycles. The first-order valence-electron chi connectivity index (χ1n) is 10.1. The Hall–Kier alpha value is -2.71. The van der Waals surface area contributed by atoms with Crippen LogP contribution in [-0.2, 0) is 16.7 Å². The van der Waals surface area contributed by atoms with E-state index >= 15 is 0 Å². The lowest BCUT2D eigenvalue weighted by Gasteiger charge is -2.22. The van der Waals surface area contributed by atoms with E-state index in [9.17, 15) is 14.7 Å². The summed E-state index contributed by atoms with van der Waals surface area (Å²) in [5.41, 5.74) is 3.22. The first-order valence-corrected chi connectivity index (χ1v) is 11.0. The van der Waals surface area contributed by atoms with Crippen molar-refractivity contribution in [2.75, 3.05) is 18.5 Å². The summed E-state index contributed by atoms with van der Waals surface area (Å²) in [5, 5.41) is 16.7. The average Bonchev–Trinajstić information content (AvgIpc) is 3.44. The summed E-state index contributed by atoms with van der Waals surface area (Å²) in [4.78, 5) is 29.8. The van der Waals surface area contributed by atoms with E-state index in [2.05, 4.69) is 5.32 Å². The van der Waals surface area contributed by atoms with E-state index in [1.807, 2.05) is 30.5 Å². The molecule has 2 aliphatic heterocycles. The average molecular weight is 426 g/mol. The number of hydrogen-bond acceptors (Lipinski definition) is 6. The molecule has 156 valence electrons. The molecule has 30 heavy (non-hydrogen) atoms. The SMILES string of the molecule is Cc1cc([C@@H](C)Nc2cscc2C(=O)O)c2nc3n(c(=O)c2c1)CC[C@@]31CCOC1. The van der Waals surface area contributed by atoms with Crippen molar-refractivity contribution >= 4 is 33.9 Å². The second kappa shape index (κ2) is 6.92. The van der Waals surface area contributed by atoms with E-state index in [1.54, 1.807) is 10.8 Å². The lowest BCUT2D eigenvalue weighted by molar-refractivity contribution is 0.0698. The Labute approximate surface area is 177 Å². The fraction of sp³-hybridized carbons (Fsp3) is 0.409. The molecule has 1 aromatic carbocycles. The first kappa shape index (κ1) is 19.3. The highest BCUT2D eigenvalue weighted by Crippen LogP contribution is 2.41. The molecule has 0 amide bonds. The number of ether oxygens (including phenoxy) is 1. The lowest BCUT2D eigenvalue weighted by Crippen LogP contribution is -2.29. The highest BCUT2D eigenvalue weighted by atomic mass is 32.1. The summed E-state index contributed by atoms with van der Waals surface area (Å²) in [7, 11) is 0. The molecule has 0 bridgehead atoms. The number of aromatic nitrogens is 2. The molecule has 5 rings (SSSR count). The van der Waals surface area contributed by atoms with E-state index < -0.39 is 5.97 Å². The Morgan fingerprint density at radius 2 is 2.20 bits per heavy atom. The summed E-state index contributed by atoms with van der Waals surface area (Å²) in [6, 6.07) is 3.72. The number of carboxylic acids is 1. The minimum atomic E-state index is -0.961. The van der Waals surface area contributed by atoms with Crippen LogP contribution < -0.4 is 10.9 Å². The van der Waals surface area contributed by atoms with Crippen molar-refractivity contribution in [2.45, 2.75) is 44.7 Å². The molecule has 3 aromatic rings. The fourth-order valence-electron chi connectivity index (χ4n) is 4.75. The molecule has 2 N–H and O–H groups in total. The van der Waals surface area contributed by atoms with E-state index in [-0.39, 0.29) is 22.6 Å². The van der Waals surface area contributed by atoms with Crippen LogP contribution in [0.3, 0.4) is 0 Å². The number of benzene rings is 1. The van der Waals surface area contributed by atoms with Gasteiger partial charge in [0.1, 0.15) is 5.82 Å². The monoisotopic (exact) mass is 425 g/mol. The summed E-state index contributed by atoms with van der Waals surface area (Å²) in [5.74, 6) is -0.131. The van der Waals surface area contributed by atoms with Gasteiger partial charge in [-0.3, -0.25) is 9.36 Å². The van der Waals surface area contributed by atoms with Crippen molar-refractivity contribution in [3.63, 3.8) is 0 Å². The molecule has 1 fully saturated rings. The standard InChI is InChI=1S/C22H23N3O4S/c1-12-7-14(13(2)23-17-10-30-9-16(17)20(27)28)18-15(8-12)19(26)25-5-3-22(21(25)24-18)4-6-29-11-22/h7-10,13,23H,3-6,11H2,1-2H3,(H,27,28)/t13-,22+/m1/s1. The number of aromatic carboxylic acids is 1. The van der Waals surface area contributed by atoms with Crippen molar-refractivity contribution in [2.24, 2.45) is 0 Å². The summed E-state index contributed by atoms with van der Waals surface area (Å²) in [6.07, 6.45) is 1.77. The number of aryl methyl sites for hydroxylation is 1. The van der Waals surface area contributed by atoms with E-state index in [1.165, 1.54) is 11.3 Å². The molecule has 1 saturated heterocycles. The predicted octanol–water partition coefficient (Wildman–Crippen LogP) is 3.70. The Kier molecular flexibility index (Phi) is 4.44. The summed E-state index contributed by atoms with van der Waals surface area (Å²) < 4.78 is 7.49. The molecule has 2 aromatic heterocycles. The number of nitrogens with zero attached hydrogens (tertiary/aromatic N) is 2. The van der Waals surface area contributed by atoms with Gasteiger partial charge >= 0.3 is 5.97 Å². The maximum absolute atomic E-state index is 13.3. The molecular weight excluding hydrogens is 402 g/mol. The molecular formula is C22H23N3O4S. The van der Waals surface area contributed by atoms with Crippen molar-refractivity contribution in [1.29, 1.82) is 0 Å². The Morgan fingerprint density at radius 1 is 1.37 bits per heavy atom. The van der Waals surface area contributed by atoms with E-state index in [0.717, 1.165) is 29.8 Å². The predicted molar refractivity (Wildman–Crippen MR) is 116 cm³/mol. The van der Waals surface area contributed by atoms with Gasteiger partial charge < -0.3 is 15.2 Å². The molecule has 1 spiro atoms. The van der Waals surface area contributed by atoms with Gasteiger partial charge in [-0.25, -0.2) is 9.78 Å². The third-order valence-corrected chi connectivity index (χ3v) is 7.10. The minimum absolute atomic E-state index is 0.00215. The molecule has 0 aliphatic carbocycles. The maximum atomic E-state index is 13.3. The zero-order valence-corrected chi connectivity index (χ0v) is 17.7. The number of fused-ring (bicyclic) bond motifs is 3. The fourth-order valence-corrected chi connectivity index (χ4v) is 5.51. The van der Waals surface area contributed by atoms with Crippen LogP contribution in [0.5, 0.6) is 0 Å². The van der Waals surface area contributed by atoms with Gasteiger partial charge in [-0.05, 0) is 38.3 Å². The summed E-state index contributed by atoms with van der Waals surface area (Å²) >= 11 is 1.34. The topological polar surface area (TPSA) is 93.5 Å². The van der Waals surface area contributed by atoms with Crippen LogP contribution in [0.2, 0.25) is 0 Å². The Bertz CT molecular complexity index is 1220. The summed E-state index contributed by atoms with van der Waals surface area (Å²) in [6.45, 7) is 5.92. The van der Waals surface area contributed by atoms with Gasteiger partial charge in [-0.15, -0.1) is 11.3 Å². The second-order valence-electron chi connectivity index (χ2n) is 8.35. The van der Waals surface area contributed by atoms with Gasteiger partial charge in [-0.2, -0.15) is 0 Å². The minimum Gasteiger partial charge on any atom is -0.478 e. The van der Waals surface area contributed by atoms with Gasteiger partial charge in [-0.1, -0.05) is 6.07 Å². The van der Waals surface area contributed by atoms with Crippen LogP contribution in [0.4, 0.5) is 5.69 Å². The van der Waals surface area contributed by atoms with Crippen LogP contribution in [0.25, 0.3) is 10.9 Å². The van der Waals surface area contributed by atoms with E-state index in [0.29, 0.717) is 36.3 Å². The molecule has 2 aliphatic rings. The van der Waals surface area contributed by atoms with Crippen LogP contribution in [0, 0.1) is 6.92 Å². The second-order valence-corrected chi connectivity index (χ2v) is 9.09. The van der Waals surface area contributed by atoms with E-state index in [4.69, 9.17) is 9.72 Å². The number of rotatable bonds is 4. The quantitative estimate of drug-likeness (QED) is 0.662. The van der Waals surface area contributed by atoms with Gasteiger partial charge in [0.2, 0.25) is 0 Å². The molecule has 0 unspecified atom stereocenters. The number of nitrogens with one attached hydrogen (secondary N) is 1. The number of hydrogen-bond donors (Lipinski definition) is 2. The van der Waals surface area contributed by atoms with Crippen molar-refractivity contribution in [3.8, 4) is 0 Å². The van der Waals surface area contributed by atoms with Crippen molar-refractivity contribution in [1.82, 2.24) is 9.55 Å². The van der Waals surface area contributed by atoms with Crippen LogP contribution in [0.15, 0.2) is 27.7 Å².